The van der Waals surface area contributed by atoms with Crippen molar-refractivity contribution in [2.24, 2.45) is 20.0 Å². The van der Waals surface area contributed by atoms with Gasteiger partial charge in [0.2, 0.25) is 10.0 Å². The molecule has 2 rings (SSSR count). The van der Waals surface area contributed by atoms with Gasteiger partial charge in [-0.05, 0) is 30.2 Å². The molecule has 0 saturated heterocycles. The first kappa shape index (κ1) is 22.9. The minimum atomic E-state index is -3.99. The third-order valence-corrected chi connectivity index (χ3v) is 6.02. The molecule has 158 valence electrons. The molecule has 0 spiro atoms. The van der Waals surface area contributed by atoms with Crippen LogP contribution < -0.4 is 16.0 Å². The summed E-state index contributed by atoms with van der Waals surface area (Å²) in [5.41, 5.74) is -0.912. The van der Waals surface area contributed by atoms with Gasteiger partial charge in [-0.3, -0.25) is 18.7 Å². The van der Waals surface area contributed by atoms with Gasteiger partial charge in [-0.1, -0.05) is 25.4 Å². The molecule has 9 nitrogen and oxygen atoms in total. The quantitative estimate of drug-likeness (QED) is 0.632. The molecule has 2 aromatic rings. The summed E-state index contributed by atoms with van der Waals surface area (Å²) in [5.74, 6) is -1.25. The van der Waals surface area contributed by atoms with Crippen LogP contribution in [0.3, 0.4) is 0 Å². The van der Waals surface area contributed by atoms with Crippen LogP contribution in [-0.2, 0) is 40.3 Å². The van der Waals surface area contributed by atoms with Gasteiger partial charge >= 0.3 is 11.7 Å². The Morgan fingerprint density at radius 3 is 2.28 bits per heavy atom. The van der Waals surface area contributed by atoms with Gasteiger partial charge in [0.15, 0.2) is 0 Å². The van der Waals surface area contributed by atoms with E-state index in [0.29, 0.717) is 5.02 Å². The molecule has 1 N–H and O–H groups in total. The fraction of sp³-hybridized carbons (Fsp3) is 0.389. The molecular formula is C18H22ClN3O6S. The second-order valence-corrected chi connectivity index (χ2v) is 8.93. The molecule has 0 unspecified atom stereocenters. The Labute approximate surface area is 172 Å². The van der Waals surface area contributed by atoms with E-state index >= 15 is 0 Å². The lowest BCUT2D eigenvalue weighted by Crippen LogP contribution is -2.45. The molecule has 0 bridgehead atoms. The summed E-state index contributed by atoms with van der Waals surface area (Å²) in [4.78, 5) is 36.2. The number of carbonyl (C=O) groups excluding carboxylic acids is 1. The van der Waals surface area contributed by atoms with Gasteiger partial charge in [-0.15, -0.1) is 0 Å². The van der Waals surface area contributed by atoms with Crippen LogP contribution in [0.5, 0.6) is 0 Å². The van der Waals surface area contributed by atoms with Crippen LogP contribution in [-0.4, -0.2) is 29.6 Å². The highest BCUT2D eigenvalue weighted by Gasteiger charge is 2.30. The van der Waals surface area contributed by atoms with E-state index in [2.05, 4.69) is 4.72 Å². The van der Waals surface area contributed by atoms with Crippen molar-refractivity contribution < 1.29 is 17.9 Å². The third kappa shape index (κ3) is 5.34. The summed E-state index contributed by atoms with van der Waals surface area (Å²) in [6.45, 7) is 2.96. The maximum absolute atomic E-state index is 12.6. The molecule has 1 aromatic carbocycles. The molecule has 0 amide bonds. The molecule has 0 aliphatic carbocycles. The summed E-state index contributed by atoms with van der Waals surface area (Å²) in [6, 6.07) is 5.51. The Bertz CT molecular complexity index is 1120. The summed E-state index contributed by atoms with van der Waals surface area (Å²) >= 11 is 5.78. The van der Waals surface area contributed by atoms with Crippen molar-refractivity contribution in [3.63, 3.8) is 0 Å². The molecule has 1 aromatic heterocycles. The van der Waals surface area contributed by atoms with Crippen LogP contribution in [0.25, 0.3) is 0 Å². The van der Waals surface area contributed by atoms with Crippen molar-refractivity contribution in [2.45, 2.75) is 31.4 Å². The maximum Gasteiger partial charge on any atom is 0.330 e. The van der Waals surface area contributed by atoms with Crippen LogP contribution in [0, 0.1) is 5.92 Å². The normalized spacial score (nSPS) is 12.8. The van der Waals surface area contributed by atoms with E-state index in [9.17, 15) is 22.8 Å². The highest BCUT2D eigenvalue weighted by molar-refractivity contribution is 7.89. The highest BCUT2D eigenvalue weighted by Crippen LogP contribution is 2.16. The van der Waals surface area contributed by atoms with Crippen LogP contribution in [0.4, 0.5) is 0 Å². The van der Waals surface area contributed by atoms with Crippen molar-refractivity contribution in [1.29, 1.82) is 0 Å². The number of hydrogen-bond donors (Lipinski definition) is 1. The lowest BCUT2D eigenvalue weighted by atomic mass is 10.1. The second-order valence-electron chi connectivity index (χ2n) is 6.78. The van der Waals surface area contributed by atoms with Crippen molar-refractivity contribution in [1.82, 2.24) is 13.9 Å². The monoisotopic (exact) mass is 443 g/mol. The molecule has 11 heteroatoms. The fourth-order valence-electron chi connectivity index (χ4n) is 2.46. The first-order valence-corrected chi connectivity index (χ1v) is 10.5. The number of nitrogens with one attached hydrogen (secondary N) is 1. The predicted molar refractivity (Wildman–Crippen MR) is 107 cm³/mol. The van der Waals surface area contributed by atoms with Gasteiger partial charge in [0.1, 0.15) is 12.6 Å². The number of nitrogens with zero attached hydrogens (tertiary/aromatic N) is 2. The molecule has 0 saturated carbocycles. The molecule has 0 aliphatic rings. The van der Waals surface area contributed by atoms with E-state index in [1.807, 2.05) is 0 Å². The summed E-state index contributed by atoms with van der Waals surface area (Å²) in [6.07, 6.45) is 0. The van der Waals surface area contributed by atoms with Gasteiger partial charge in [0, 0.05) is 25.2 Å². The molecule has 0 aliphatic heterocycles. The third-order valence-electron chi connectivity index (χ3n) is 4.31. The van der Waals surface area contributed by atoms with Gasteiger partial charge in [0.05, 0.1) is 10.6 Å². The molecule has 1 heterocycles. The first-order valence-electron chi connectivity index (χ1n) is 8.64. The average molecular weight is 444 g/mol. The summed E-state index contributed by atoms with van der Waals surface area (Å²) in [5, 5.41) is 0.378. The number of benzene rings is 1. The predicted octanol–water partition coefficient (Wildman–Crippen LogP) is 0.784. The Hall–Kier alpha value is -2.43. The number of esters is 1. The average Bonchev–Trinajstić information content (AvgIpc) is 2.66. The Morgan fingerprint density at radius 1 is 1.14 bits per heavy atom. The molecule has 1 atom stereocenters. The van der Waals surface area contributed by atoms with Gasteiger partial charge in [-0.2, -0.15) is 4.72 Å². The van der Waals surface area contributed by atoms with Crippen LogP contribution in [0.1, 0.15) is 19.5 Å². The Morgan fingerprint density at radius 2 is 1.72 bits per heavy atom. The number of carbonyl (C=O) groups is 1. The minimum absolute atomic E-state index is 0.0469. The number of ether oxygens (including phenoxy) is 1. The number of aromatic nitrogens is 2. The summed E-state index contributed by atoms with van der Waals surface area (Å²) < 4.78 is 34.7. The first-order chi connectivity index (χ1) is 13.4. The number of sulfonamides is 1. The summed E-state index contributed by atoms with van der Waals surface area (Å²) in [7, 11) is -1.22. The van der Waals surface area contributed by atoms with E-state index in [1.165, 1.54) is 49.0 Å². The zero-order valence-electron chi connectivity index (χ0n) is 16.4. The zero-order chi connectivity index (χ0) is 21.9. The van der Waals surface area contributed by atoms with Crippen LogP contribution >= 0.6 is 11.6 Å². The molecular weight excluding hydrogens is 422 g/mol. The SMILES string of the molecule is CC(C)[C@H](NS(=O)(=O)c1ccc(Cl)cc1)C(=O)OCc1cc(=O)n(C)c(=O)n1C. The van der Waals surface area contributed by atoms with E-state index in [4.69, 9.17) is 16.3 Å². The van der Waals surface area contributed by atoms with Gasteiger partial charge in [-0.25, -0.2) is 13.2 Å². The molecule has 0 radical (unpaired) electrons. The van der Waals surface area contributed by atoms with Crippen LogP contribution in [0.2, 0.25) is 5.02 Å². The molecule has 0 fully saturated rings. The number of hydrogen-bond acceptors (Lipinski definition) is 6. The number of rotatable bonds is 7. The van der Waals surface area contributed by atoms with Gasteiger partial charge in [0.25, 0.3) is 5.56 Å². The fourth-order valence-corrected chi connectivity index (χ4v) is 3.92. The van der Waals surface area contributed by atoms with Crippen molar-refractivity contribution >= 4 is 27.6 Å². The minimum Gasteiger partial charge on any atom is -0.458 e. The van der Waals surface area contributed by atoms with Crippen molar-refractivity contribution in [2.75, 3.05) is 0 Å². The number of halogens is 1. The van der Waals surface area contributed by atoms with Crippen molar-refractivity contribution in [3.05, 3.63) is 61.9 Å². The van der Waals surface area contributed by atoms with Gasteiger partial charge < -0.3 is 4.74 Å². The zero-order valence-corrected chi connectivity index (χ0v) is 18.0. The van der Waals surface area contributed by atoms with E-state index in [1.54, 1.807) is 13.8 Å². The lowest BCUT2D eigenvalue weighted by molar-refractivity contribution is -0.148. The lowest BCUT2D eigenvalue weighted by Gasteiger charge is -2.21. The standard InChI is InChI=1S/C18H22ClN3O6S/c1-11(2)16(20-29(26,27)14-7-5-12(19)6-8-14)17(24)28-10-13-9-15(23)22(4)18(25)21(13)3/h5-9,11,16,20H,10H2,1-4H3/t16-/m0/s1. The molecule has 29 heavy (non-hydrogen) atoms. The van der Waals surface area contributed by atoms with E-state index in [0.717, 1.165) is 4.57 Å². The Balaban J connectivity index is 2.19. The van der Waals surface area contributed by atoms with E-state index < -0.39 is 39.2 Å². The van der Waals surface area contributed by atoms with Crippen LogP contribution in [0.15, 0.2) is 44.8 Å². The van der Waals surface area contributed by atoms with Crippen molar-refractivity contribution in [3.8, 4) is 0 Å². The Kier molecular flexibility index (Phi) is 7.04. The topological polar surface area (TPSA) is 116 Å². The second kappa shape index (κ2) is 8.93. The largest absolute Gasteiger partial charge is 0.458 e. The maximum atomic E-state index is 12.6. The highest BCUT2D eigenvalue weighted by atomic mass is 35.5. The van der Waals surface area contributed by atoms with E-state index in [-0.39, 0.29) is 17.2 Å². The smallest absolute Gasteiger partial charge is 0.330 e.